The molecule has 0 aromatic carbocycles. The molecule has 1 aliphatic rings. The monoisotopic (exact) mass is 341 g/mol. The number of hydrogen-bond acceptors (Lipinski definition) is 7. The van der Waals surface area contributed by atoms with Gasteiger partial charge in [-0.2, -0.15) is 0 Å². The number of anilines is 2. The summed E-state index contributed by atoms with van der Waals surface area (Å²) in [5.41, 5.74) is 1.06. The van der Waals surface area contributed by atoms with Crippen LogP contribution in [0.1, 0.15) is 36.2 Å². The Hall–Kier alpha value is -2.32. The molecule has 0 spiro atoms. The van der Waals surface area contributed by atoms with Gasteiger partial charge in [0.2, 0.25) is 0 Å². The van der Waals surface area contributed by atoms with Gasteiger partial charge in [0.05, 0.1) is 18.3 Å². The molecule has 1 saturated heterocycles. The molecule has 0 bridgehead atoms. The molecular weight excluding hydrogens is 322 g/mol. The Balaban J connectivity index is 1.56. The van der Waals surface area contributed by atoms with Crippen LogP contribution in [0.2, 0.25) is 0 Å². The molecule has 7 nitrogen and oxygen atoms in total. The molecule has 4 rings (SSSR count). The van der Waals surface area contributed by atoms with Crippen molar-refractivity contribution in [2.45, 2.75) is 32.4 Å². The number of rotatable bonds is 5. The SMILES string of the molecule is Cc1nc(Nc2nccs2)cc([C@@H]2CCCN2Cc2ncc[nH]2)n1. The van der Waals surface area contributed by atoms with Gasteiger partial charge >= 0.3 is 0 Å². The molecule has 3 aromatic heterocycles. The summed E-state index contributed by atoms with van der Waals surface area (Å²) < 4.78 is 0. The van der Waals surface area contributed by atoms with Gasteiger partial charge in [0.15, 0.2) is 5.13 Å². The minimum absolute atomic E-state index is 0.300. The lowest BCUT2D eigenvalue weighted by atomic mass is 10.1. The van der Waals surface area contributed by atoms with Crippen LogP contribution in [0.3, 0.4) is 0 Å². The third kappa shape index (κ3) is 3.29. The topological polar surface area (TPSA) is 82.6 Å². The number of aromatic amines is 1. The predicted octanol–water partition coefficient (Wildman–Crippen LogP) is 3.05. The highest BCUT2D eigenvalue weighted by molar-refractivity contribution is 7.13. The average molecular weight is 341 g/mol. The van der Waals surface area contributed by atoms with Gasteiger partial charge < -0.3 is 10.3 Å². The molecule has 24 heavy (non-hydrogen) atoms. The molecule has 0 saturated carbocycles. The van der Waals surface area contributed by atoms with E-state index in [0.717, 1.165) is 47.8 Å². The number of H-pyrrole nitrogens is 1. The van der Waals surface area contributed by atoms with Crippen molar-refractivity contribution in [3.8, 4) is 0 Å². The number of thiazole rings is 1. The Morgan fingerprint density at radius 2 is 2.29 bits per heavy atom. The molecule has 8 heteroatoms. The van der Waals surface area contributed by atoms with Crippen LogP contribution in [0.15, 0.2) is 30.0 Å². The van der Waals surface area contributed by atoms with Gasteiger partial charge in [0, 0.05) is 30.0 Å². The van der Waals surface area contributed by atoms with E-state index >= 15 is 0 Å². The number of nitrogens with one attached hydrogen (secondary N) is 2. The highest BCUT2D eigenvalue weighted by atomic mass is 32.1. The Bertz CT molecular complexity index is 785. The Labute approximate surface area is 144 Å². The summed E-state index contributed by atoms with van der Waals surface area (Å²) in [6.07, 6.45) is 7.72. The fourth-order valence-corrected chi connectivity index (χ4v) is 3.68. The minimum atomic E-state index is 0.300. The van der Waals surface area contributed by atoms with Crippen LogP contribution >= 0.6 is 11.3 Å². The van der Waals surface area contributed by atoms with E-state index in [9.17, 15) is 0 Å². The first-order valence-corrected chi connectivity index (χ1v) is 8.90. The van der Waals surface area contributed by atoms with E-state index in [-0.39, 0.29) is 0 Å². The second-order valence-corrected chi connectivity index (χ2v) is 6.75. The van der Waals surface area contributed by atoms with Gasteiger partial charge in [0.25, 0.3) is 0 Å². The molecule has 0 aliphatic carbocycles. The van der Waals surface area contributed by atoms with E-state index in [0.29, 0.717) is 6.04 Å². The summed E-state index contributed by atoms with van der Waals surface area (Å²) >= 11 is 1.56. The number of aromatic nitrogens is 5. The summed E-state index contributed by atoms with van der Waals surface area (Å²) in [5.74, 6) is 2.57. The molecule has 0 unspecified atom stereocenters. The molecule has 2 N–H and O–H groups in total. The molecule has 0 radical (unpaired) electrons. The Kier molecular flexibility index (Phi) is 4.22. The van der Waals surface area contributed by atoms with Gasteiger partial charge in [-0.25, -0.2) is 19.9 Å². The van der Waals surface area contributed by atoms with Gasteiger partial charge in [0.1, 0.15) is 17.5 Å². The Morgan fingerprint density at radius 3 is 3.08 bits per heavy atom. The van der Waals surface area contributed by atoms with Gasteiger partial charge in [-0.15, -0.1) is 11.3 Å². The molecule has 1 fully saturated rings. The molecule has 1 aliphatic heterocycles. The third-order valence-electron chi connectivity index (χ3n) is 4.14. The van der Waals surface area contributed by atoms with Crippen LogP contribution in [0.4, 0.5) is 10.9 Å². The zero-order valence-electron chi connectivity index (χ0n) is 13.4. The maximum Gasteiger partial charge on any atom is 0.188 e. The van der Waals surface area contributed by atoms with Gasteiger partial charge in [-0.3, -0.25) is 4.90 Å². The van der Waals surface area contributed by atoms with Crippen LogP contribution < -0.4 is 5.32 Å². The predicted molar refractivity (Wildman–Crippen MR) is 93.1 cm³/mol. The van der Waals surface area contributed by atoms with E-state index in [1.165, 1.54) is 6.42 Å². The van der Waals surface area contributed by atoms with E-state index in [2.05, 4.69) is 35.1 Å². The summed E-state index contributed by atoms with van der Waals surface area (Å²) in [7, 11) is 0. The fourth-order valence-electron chi connectivity index (χ4n) is 3.15. The molecule has 1 atom stereocenters. The third-order valence-corrected chi connectivity index (χ3v) is 4.83. The summed E-state index contributed by atoms with van der Waals surface area (Å²) in [4.78, 5) is 23.4. The molecule has 0 amide bonds. The number of imidazole rings is 1. The Morgan fingerprint density at radius 1 is 1.33 bits per heavy atom. The van der Waals surface area contributed by atoms with Crippen molar-refractivity contribution >= 4 is 22.3 Å². The highest BCUT2D eigenvalue weighted by Gasteiger charge is 2.28. The van der Waals surface area contributed by atoms with Crippen LogP contribution in [-0.2, 0) is 6.54 Å². The largest absolute Gasteiger partial charge is 0.348 e. The maximum atomic E-state index is 4.68. The molecule has 3 aromatic rings. The zero-order valence-corrected chi connectivity index (χ0v) is 14.3. The molecule has 124 valence electrons. The van der Waals surface area contributed by atoms with Crippen LogP contribution in [-0.4, -0.2) is 36.4 Å². The fraction of sp³-hybridized carbons (Fsp3) is 0.375. The quantitative estimate of drug-likeness (QED) is 0.742. The standard InChI is InChI=1S/C16H19N7S/c1-11-20-12(9-14(21-11)22-16-19-6-8-24-16)13-3-2-7-23(13)10-15-17-4-5-18-15/h4-6,8-9,13H,2-3,7,10H2,1H3,(H,17,18)(H,19,20,21,22)/t13-/m0/s1. The first-order valence-electron chi connectivity index (χ1n) is 8.02. The van der Waals surface area contributed by atoms with Crippen LogP contribution in [0, 0.1) is 6.92 Å². The van der Waals surface area contributed by atoms with E-state index in [1.54, 1.807) is 23.7 Å². The van der Waals surface area contributed by atoms with Gasteiger partial charge in [-0.05, 0) is 26.3 Å². The van der Waals surface area contributed by atoms with Crippen molar-refractivity contribution in [2.75, 3.05) is 11.9 Å². The van der Waals surface area contributed by atoms with E-state index in [1.807, 2.05) is 24.6 Å². The van der Waals surface area contributed by atoms with Crippen molar-refractivity contribution in [3.05, 3.63) is 47.4 Å². The first-order chi connectivity index (χ1) is 11.8. The lowest BCUT2D eigenvalue weighted by molar-refractivity contribution is 0.238. The smallest absolute Gasteiger partial charge is 0.188 e. The second-order valence-electron chi connectivity index (χ2n) is 5.85. The summed E-state index contributed by atoms with van der Waals surface area (Å²) in [6.45, 7) is 3.81. The van der Waals surface area contributed by atoms with Crippen molar-refractivity contribution < 1.29 is 0 Å². The first kappa shape index (κ1) is 15.2. The molecular formula is C16H19N7S. The van der Waals surface area contributed by atoms with Crippen molar-refractivity contribution in [2.24, 2.45) is 0 Å². The highest BCUT2D eigenvalue weighted by Crippen LogP contribution is 2.33. The van der Waals surface area contributed by atoms with Crippen molar-refractivity contribution in [1.29, 1.82) is 0 Å². The number of aryl methyl sites for hydroxylation is 1. The van der Waals surface area contributed by atoms with E-state index in [4.69, 9.17) is 0 Å². The van der Waals surface area contributed by atoms with Crippen LogP contribution in [0.25, 0.3) is 0 Å². The normalized spacial score (nSPS) is 18.1. The zero-order chi connectivity index (χ0) is 16.4. The number of nitrogens with zero attached hydrogens (tertiary/aromatic N) is 5. The minimum Gasteiger partial charge on any atom is -0.348 e. The average Bonchev–Trinajstić information content (AvgIpc) is 3.29. The van der Waals surface area contributed by atoms with Gasteiger partial charge in [-0.1, -0.05) is 0 Å². The van der Waals surface area contributed by atoms with Crippen LogP contribution in [0.5, 0.6) is 0 Å². The number of likely N-dealkylation sites (tertiary alicyclic amines) is 1. The lowest BCUT2D eigenvalue weighted by Crippen LogP contribution is -2.24. The van der Waals surface area contributed by atoms with Crippen molar-refractivity contribution in [3.63, 3.8) is 0 Å². The maximum absolute atomic E-state index is 4.68. The number of hydrogen-bond donors (Lipinski definition) is 2. The van der Waals surface area contributed by atoms with Crippen molar-refractivity contribution in [1.82, 2.24) is 29.8 Å². The molecule has 4 heterocycles. The second kappa shape index (κ2) is 6.66. The lowest BCUT2D eigenvalue weighted by Gasteiger charge is -2.23. The van der Waals surface area contributed by atoms with E-state index < -0.39 is 0 Å². The summed E-state index contributed by atoms with van der Waals surface area (Å²) in [6, 6.07) is 2.34. The summed E-state index contributed by atoms with van der Waals surface area (Å²) in [5, 5.41) is 6.06.